The molecule has 0 amide bonds. The van der Waals surface area contributed by atoms with Gasteiger partial charge in [-0.1, -0.05) is 13.0 Å². The molecule has 1 aliphatic rings. The zero-order valence-electron chi connectivity index (χ0n) is 10.3. The molecule has 1 unspecified atom stereocenters. The molecule has 1 aliphatic heterocycles. The van der Waals surface area contributed by atoms with Crippen LogP contribution in [0.3, 0.4) is 0 Å². The van der Waals surface area contributed by atoms with Gasteiger partial charge in [-0.25, -0.2) is 4.98 Å². The maximum Gasteiger partial charge on any atom is 0.111 e. The number of aromatic amines is 1. The van der Waals surface area contributed by atoms with Gasteiger partial charge in [-0.05, 0) is 43.5 Å². The Hall–Kier alpha value is -1.35. The highest BCUT2D eigenvalue weighted by Crippen LogP contribution is 2.23. The number of hydrogen-bond donors (Lipinski definition) is 2. The van der Waals surface area contributed by atoms with E-state index in [-0.39, 0.29) is 0 Å². The van der Waals surface area contributed by atoms with E-state index >= 15 is 0 Å². The summed E-state index contributed by atoms with van der Waals surface area (Å²) in [4.78, 5) is 8.21. The number of benzene rings is 1. The van der Waals surface area contributed by atoms with Gasteiger partial charge < -0.3 is 10.3 Å². The minimum Gasteiger partial charge on any atom is -0.342 e. The number of aromatic nitrogens is 2. The lowest BCUT2D eigenvalue weighted by molar-refractivity contribution is 0.449. The van der Waals surface area contributed by atoms with E-state index in [1.807, 2.05) is 0 Å². The normalized spacial score (nSPS) is 20.9. The molecular weight excluding hydrogens is 210 g/mol. The average Bonchev–Trinajstić information content (AvgIpc) is 2.82. The van der Waals surface area contributed by atoms with Crippen LogP contribution in [-0.2, 0) is 6.42 Å². The van der Waals surface area contributed by atoms with Crippen LogP contribution in [0.5, 0.6) is 0 Å². The molecule has 0 radical (unpaired) electrons. The summed E-state index contributed by atoms with van der Waals surface area (Å²) in [6.07, 6.45) is 3.57. The minimum absolute atomic E-state index is 0.557. The van der Waals surface area contributed by atoms with Crippen molar-refractivity contribution >= 4 is 11.0 Å². The fraction of sp³-hybridized carbons (Fsp3) is 0.500. The summed E-state index contributed by atoms with van der Waals surface area (Å²) in [5, 5.41) is 3.44. The van der Waals surface area contributed by atoms with E-state index in [4.69, 9.17) is 4.98 Å². The summed E-state index contributed by atoms with van der Waals surface area (Å²) in [6, 6.07) is 6.53. The Morgan fingerprint density at radius 3 is 3.12 bits per heavy atom. The highest BCUT2D eigenvalue weighted by Gasteiger charge is 2.18. The van der Waals surface area contributed by atoms with Crippen molar-refractivity contribution in [3.63, 3.8) is 0 Å². The van der Waals surface area contributed by atoms with Crippen LogP contribution >= 0.6 is 0 Å². The van der Waals surface area contributed by atoms with Gasteiger partial charge in [-0.15, -0.1) is 0 Å². The quantitative estimate of drug-likeness (QED) is 0.831. The molecule has 0 aliphatic carbocycles. The summed E-state index contributed by atoms with van der Waals surface area (Å²) in [7, 11) is 0. The number of imidazole rings is 1. The Bertz CT molecular complexity index is 509. The molecule has 2 N–H and O–H groups in total. The van der Waals surface area contributed by atoms with Gasteiger partial charge in [0, 0.05) is 12.5 Å². The Labute approximate surface area is 102 Å². The Morgan fingerprint density at radius 2 is 2.35 bits per heavy atom. The predicted octanol–water partition coefficient (Wildman–Crippen LogP) is 2.59. The monoisotopic (exact) mass is 229 g/mol. The molecule has 2 heterocycles. The number of nitrogens with zero attached hydrogens (tertiary/aromatic N) is 1. The summed E-state index contributed by atoms with van der Waals surface area (Å²) >= 11 is 0. The zero-order chi connectivity index (χ0) is 11.7. The van der Waals surface area contributed by atoms with Crippen molar-refractivity contribution in [2.45, 2.75) is 32.1 Å². The van der Waals surface area contributed by atoms with Crippen LogP contribution in [0.15, 0.2) is 18.2 Å². The molecule has 1 aromatic heterocycles. The van der Waals surface area contributed by atoms with Crippen LogP contribution in [0.2, 0.25) is 0 Å². The molecule has 1 fully saturated rings. The van der Waals surface area contributed by atoms with Crippen molar-refractivity contribution in [1.82, 2.24) is 15.3 Å². The van der Waals surface area contributed by atoms with E-state index < -0.39 is 0 Å². The number of nitrogens with one attached hydrogen (secondary N) is 2. The molecule has 3 heteroatoms. The third-order valence-electron chi connectivity index (χ3n) is 3.66. The first-order chi connectivity index (χ1) is 8.36. The largest absolute Gasteiger partial charge is 0.342 e. The van der Waals surface area contributed by atoms with Crippen molar-refractivity contribution < 1.29 is 0 Å². The van der Waals surface area contributed by atoms with Gasteiger partial charge in [0.25, 0.3) is 0 Å². The molecule has 0 bridgehead atoms. The first-order valence-corrected chi connectivity index (χ1v) is 6.56. The topological polar surface area (TPSA) is 40.7 Å². The van der Waals surface area contributed by atoms with Crippen LogP contribution in [0.25, 0.3) is 11.0 Å². The van der Waals surface area contributed by atoms with Gasteiger partial charge in [-0.2, -0.15) is 0 Å². The van der Waals surface area contributed by atoms with Gasteiger partial charge in [0.2, 0.25) is 0 Å². The molecule has 17 heavy (non-hydrogen) atoms. The maximum absolute atomic E-state index is 4.72. The van der Waals surface area contributed by atoms with Crippen LogP contribution in [0.4, 0.5) is 0 Å². The van der Waals surface area contributed by atoms with Crippen molar-refractivity contribution in [2.24, 2.45) is 0 Å². The second-order valence-electron chi connectivity index (χ2n) is 4.87. The molecule has 90 valence electrons. The third-order valence-corrected chi connectivity index (χ3v) is 3.66. The zero-order valence-corrected chi connectivity index (χ0v) is 10.3. The minimum atomic E-state index is 0.557. The van der Waals surface area contributed by atoms with Crippen LogP contribution in [0, 0.1) is 0 Å². The van der Waals surface area contributed by atoms with Crippen LogP contribution in [0.1, 0.15) is 37.1 Å². The van der Waals surface area contributed by atoms with E-state index in [1.54, 1.807) is 0 Å². The second kappa shape index (κ2) is 4.49. The van der Waals surface area contributed by atoms with E-state index in [0.717, 1.165) is 30.9 Å². The van der Waals surface area contributed by atoms with Crippen LogP contribution < -0.4 is 5.32 Å². The molecule has 0 spiro atoms. The lowest BCUT2D eigenvalue weighted by atomic mass is 9.99. The van der Waals surface area contributed by atoms with E-state index in [2.05, 4.69) is 35.4 Å². The maximum atomic E-state index is 4.72. The highest BCUT2D eigenvalue weighted by molar-refractivity contribution is 5.76. The number of H-pyrrole nitrogens is 1. The number of hydrogen-bond acceptors (Lipinski definition) is 2. The van der Waals surface area contributed by atoms with E-state index in [0.29, 0.717) is 5.92 Å². The number of piperidine rings is 1. The van der Waals surface area contributed by atoms with Crippen molar-refractivity contribution in [3.8, 4) is 0 Å². The van der Waals surface area contributed by atoms with E-state index in [9.17, 15) is 0 Å². The predicted molar refractivity (Wildman–Crippen MR) is 70.3 cm³/mol. The van der Waals surface area contributed by atoms with Gasteiger partial charge in [0.05, 0.1) is 11.0 Å². The molecule has 1 saturated heterocycles. The standard InChI is InChI=1S/C14H19N3/c1-2-10-5-6-12-13(8-10)17-14(16-12)11-4-3-7-15-9-11/h5-6,8,11,15H,2-4,7,9H2,1H3,(H,16,17). The molecule has 0 saturated carbocycles. The summed E-state index contributed by atoms with van der Waals surface area (Å²) in [5.74, 6) is 1.71. The first kappa shape index (κ1) is 10.8. The first-order valence-electron chi connectivity index (χ1n) is 6.56. The summed E-state index contributed by atoms with van der Waals surface area (Å²) in [5.41, 5.74) is 3.65. The van der Waals surface area contributed by atoms with E-state index in [1.165, 1.54) is 23.9 Å². The smallest absolute Gasteiger partial charge is 0.111 e. The average molecular weight is 229 g/mol. The fourth-order valence-electron chi connectivity index (χ4n) is 2.57. The SMILES string of the molecule is CCc1ccc2nc(C3CCCNC3)[nH]c2c1. The second-order valence-corrected chi connectivity index (χ2v) is 4.87. The summed E-state index contributed by atoms with van der Waals surface area (Å²) in [6.45, 7) is 4.39. The molecule has 1 atom stereocenters. The molecule has 3 rings (SSSR count). The molecule has 1 aromatic carbocycles. The van der Waals surface area contributed by atoms with Crippen molar-refractivity contribution in [3.05, 3.63) is 29.6 Å². The number of aryl methyl sites for hydroxylation is 1. The Kier molecular flexibility index (Phi) is 2.85. The summed E-state index contributed by atoms with van der Waals surface area (Å²) < 4.78 is 0. The van der Waals surface area contributed by atoms with Gasteiger partial charge in [-0.3, -0.25) is 0 Å². The Morgan fingerprint density at radius 1 is 1.41 bits per heavy atom. The lowest BCUT2D eigenvalue weighted by Crippen LogP contribution is -2.28. The third kappa shape index (κ3) is 2.07. The molecule has 3 nitrogen and oxygen atoms in total. The number of rotatable bonds is 2. The van der Waals surface area contributed by atoms with Crippen LogP contribution in [-0.4, -0.2) is 23.1 Å². The van der Waals surface area contributed by atoms with Gasteiger partial charge in [0.15, 0.2) is 0 Å². The fourth-order valence-corrected chi connectivity index (χ4v) is 2.57. The number of fused-ring (bicyclic) bond motifs is 1. The van der Waals surface area contributed by atoms with Crippen molar-refractivity contribution in [1.29, 1.82) is 0 Å². The Balaban J connectivity index is 1.95. The molecular formula is C14H19N3. The molecule has 2 aromatic rings. The van der Waals surface area contributed by atoms with Crippen molar-refractivity contribution in [2.75, 3.05) is 13.1 Å². The van der Waals surface area contributed by atoms with Gasteiger partial charge in [0.1, 0.15) is 5.82 Å². The highest BCUT2D eigenvalue weighted by atomic mass is 15.0. The van der Waals surface area contributed by atoms with Gasteiger partial charge >= 0.3 is 0 Å². The lowest BCUT2D eigenvalue weighted by Gasteiger charge is -2.20.